The molecular weight excluding hydrogens is 236 g/mol. The highest BCUT2D eigenvalue weighted by Gasteiger charge is 2.05. The Morgan fingerprint density at radius 1 is 1.05 bits per heavy atom. The molecule has 19 heavy (non-hydrogen) atoms. The lowest BCUT2D eigenvalue weighted by Crippen LogP contribution is -1.93. The van der Waals surface area contributed by atoms with Gasteiger partial charge in [0, 0.05) is 18.0 Å². The third kappa shape index (κ3) is 2.22. The molecule has 0 aliphatic rings. The minimum atomic E-state index is 0.303. The van der Waals surface area contributed by atoms with Gasteiger partial charge in [-0.3, -0.25) is 0 Å². The molecule has 1 aromatic heterocycles. The monoisotopic (exact) mass is 250 g/mol. The maximum absolute atomic E-state index is 9.92. The number of rotatable bonds is 2. The first-order chi connectivity index (χ1) is 9.24. The largest absolute Gasteiger partial charge is 0.507 e. The number of aryl methyl sites for hydroxylation is 1. The zero-order valence-electron chi connectivity index (χ0n) is 10.6. The van der Waals surface area contributed by atoms with Crippen molar-refractivity contribution in [2.75, 3.05) is 0 Å². The number of nitrogens with zero attached hydrogens (tertiary/aromatic N) is 2. The summed E-state index contributed by atoms with van der Waals surface area (Å²) in [5, 5.41) is 14.1. The number of phenols is 1. The topological polar surface area (TPSA) is 38.0 Å². The predicted molar refractivity (Wildman–Crippen MR) is 75.4 cm³/mol. The van der Waals surface area contributed by atoms with Crippen LogP contribution in [0.25, 0.3) is 16.8 Å². The molecule has 94 valence electrons. The standard InChI is InChI=1S/C16H14N2O/c1-12-3-8-16(19)15(11-12)13-4-6-14(7-5-13)18-10-2-9-17-18/h2-11,19H,1H3. The summed E-state index contributed by atoms with van der Waals surface area (Å²) in [5.74, 6) is 0.303. The molecule has 1 N–H and O–H groups in total. The van der Waals surface area contributed by atoms with Gasteiger partial charge in [-0.25, -0.2) is 4.68 Å². The fraction of sp³-hybridized carbons (Fsp3) is 0.0625. The number of phenolic OH excluding ortho intramolecular Hbond substituents is 1. The van der Waals surface area contributed by atoms with Gasteiger partial charge in [-0.1, -0.05) is 23.8 Å². The summed E-state index contributed by atoms with van der Waals surface area (Å²) >= 11 is 0. The summed E-state index contributed by atoms with van der Waals surface area (Å²) in [7, 11) is 0. The summed E-state index contributed by atoms with van der Waals surface area (Å²) in [6.07, 6.45) is 3.65. The summed E-state index contributed by atoms with van der Waals surface area (Å²) in [6.45, 7) is 2.01. The predicted octanol–water partition coefficient (Wildman–Crippen LogP) is 3.55. The fourth-order valence-electron chi connectivity index (χ4n) is 2.10. The molecule has 0 amide bonds. The highest BCUT2D eigenvalue weighted by Crippen LogP contribution is 2.30. The number of benzene rings is 2. The van der Waals surface area contributed by atoms with Gasteiger partial charge in [0.15, 0.2) is 0 Å². The van der Waals surface area contributed by atoms with Crippen molar-refractivity contribution >= 4 is 0 Å². The molecule has 0 atom stereocenters. The highest BCUT2D eigenvalue weighted by atomic mass is 16.3. The molecule has 3 heteroatoms. The van der Waals surface area contributed by atoms with E-state index in [4.69, 9.17) is 0 Å². The van der Waals surface area contributed by atoms with Gasteiger partial charge in [-0.05, 0) is 42.8 Å². The maximum atomic E-state index is 9.92. The quantitative estimate of drug-likeness (QED) is 0.755. The molecule has 0 unspecified atom stereocenters. The molecule has 0 aliphatic carbocycles. The molecular formula is C16H14N2O. The smallest absolute Gasteiger partial charge is 0.123 e. The van der Waals surface area contributed by atoms with E-state index in [1.807, 2.05) is 55.6 Å². The Morgan fingerprint density at radius 3 is 2.53 bits per heavy atom. The van der Waals surface area contributed by atoms with Crippen LogP contribution < -0.4 is 0 Å². The molecule has 1 heterocycles. The summed E-state index contributed by atoms with van der Waals surface area (Å²) < 4.78 is 1.81. The van der Waals surface area contributed by atoms with E-state index in [9.17, 15) is 5.11 Å². The van der Waals surface area contributed by atoms with E-state index >= 15 is 0 Å². The number of hydrogen-bond donors (Lipinski definition) is 1. The summed E-state index contributed by atoms with van der Waals surface area (Å²) in [5.41, 5.74) is 3.98. The van der Waals surface area contributed by atoms with Gasteiger partial charge in [-0.2, -0.15) is 5.10 Å². The van der Waals surface area contributed by atoms with Gasteiger partial charge in [-0.15, -0.1) is 0 Å². The van der Waals surface area contributed by atoms with Crippen LogP contribution in [-0.4, -0.2) is 14.9 Å². The second-order valence-electron chi connectivity index (χ2n) is 4.52. The average Bonchev–Trinajstić information content (AvgIpc) is 2.96. The molecule has 3 nitrogen and oxygen atoms in total. The lowest BCUT2D eigenvalue weighted by atomic mass is 10.0. The molecule has 0 fully saturated rings. The Kier molecular flexibility index (Phi) is 2.80. The van der Waals surface area contributed by atoms with Gasteiger partial charge in [0.2, 0.25) is 0 Å². The Labute approximate surface area is 111 Å². The van der Waals surface area contributed by atoms with Crippen molar-refractivity contribution in [3.8, 4) is 22.6 Å². The second-order valence-corrected chi connectivity index (χ2v) is 4.52. The van der Waals surface area contributed by atoms with E-state index in [-0.39, 0.29) is 0 Å². The van der Waals surface area contributed by atoms with Crippen LogP contribution in [0.5, 0.6) is 5.75 Å². The van der Waals surface area contributed by atoms with Crippen molar-refractivity contribution in [2.24, 2.45) is 0 Å². The third-order valence-electron chi connectivity index (χ3n) is 3.10. The molecule has 0 saturated carbocycles. The molecule has 0 aliphatic heterocycles. The van der Waals surface area contributed by atoms with Gasteiger partial charge < -0.3 is 5.11 Å². The molecule has 0 bridgehead atoms. The zero-order chi connectivity index (χ0) is 13.2. The normalized spacial score (nSPS) is 10.6. The van der Waals surface area contributed by atoms with Crippen LogP contribution in [0.2, 0.25) is 0 Å². The first kappa shape index (κ1) is 11.5. The van der Waals surface area contributed by atoms with Crippen LogP contribution in [0.15, 0.2) is 60.9 Å². The van der Waals surface area contributed by atoms with Crippen LogP contribution in [0.3, 0.4) is 0 Å². The molecule has 3 rings (SSSR count). The number of aromatic nitrogens is 2. The second kappa shape index (κ2) is 4.61. The Balaban J connectivity index is 2.01. The van der Waals surface area contributed by atoms with Gasteiger partial charge in [0.05, 0.1) is 5.69 Å². The van der Waals surface area contributed by atoms with Crippen LogP contribution in [0.1, 0.15) is 5.56 Å². The Hall–Kier alpha value is -2.55. The van der Waals surface area contributed by atoms with Crippen molar-refractivity contribution in [3.63, 3.8) is 0 Å². The van der Waals surface area contributed by atoms with E-state index in [0.717, 1.165) is 22.4 Å². The Bertz CT molecular complexity index is 685. The summed E-state index contributed by atoms with van der Waals surface area (Å²) in [6, 6.07) is 15.5. The lowest BCUT2D eigenvalue weighted by Gasteiger charge is -2.07. The third-order valence-corrected chi connectivity index (χ3v) is 3.10. The van der Waals surface area contributed by atoms with E-state index in [2.05, 4.69) is 5.10 Å². The van der Waals surface area contributed by atoms with Crippen LogP contribution >= 0.6 is 0 Å². The lowest BCUT2D eigenvalue weighted by molar-refractivity contribution is 0.477. The van der Waals surface area contributed by atoms with E-state index in [1.165, 1.54) is 0 Å². The SMILES string of the molecule is Cc1ccc(O)c(-c2ccc(-n3cccn3)cc2)c1. The van der Waals surface area contributed by atoms with Crippen molar-refractivity contribution in [1.29, 1.82) is 0 Å². The van der Waals surface area contributed by atoms with Gasteiger partial charge in [0.25, 0.3) is 0 Å². The first-order valence-corrected chi connectivity index (χ1v) is 6.14. The van der Waals surface area contributed by atoms with Crippen molar-refractivity contribution in [1.82, 2.24) is 9.78 Å². The van der Waals surface area contributed by atoms with Crippen LogP contribution in [0.4, 0.5) is 0 Å². The highest BCUT2D eigenvalue weighted by molar-refractivity contribution is 5.71. The van der Waals surface area contributed by atoms with Crippen LogP contribution in [0, 0.1) is 6.92 Å². The number of aromatic hydroxyl groups is 1. The fourth-order valence-corrected chi connectivity index (χ4v) is 2.10. The number of hydrogen-bond acceptors (Lipinski definition) is 2. The van der Waals surface area contributed by atoms with Crippen LogP contribution in [-0.2, 0) is 0 Å². The van der Waals surface area contributed by atoms with E-state index < -0.39 is 0 Å². The zero-order valence-corrected chi connectivity index (χ0v) is 10.6. The Morgan fingerprint density at radius 2 is 1.84 bits per heavy atom. The van der Waals surface area contributed by atoms with Crippen molar-refractivity contribution in [3.05, 3.63) is 66.5 Å². The molecule has 3 aromatic rings. The van der Waals surface area contributed by atoms with Crippen molar-refractivity contribution in [2.45, 2.75) is 6.92 Å². The molecule has 0 saturated heterocycles. The van der Waals surface area contributed by atoms with Gasteiger partial charge >= 0.3 is 0 Å². The maximum Gasteiger partial charge on any atom is 0.123 e. The molecule has 2 aromatic carbocycles. The van der Waals surface area contributed by atoms with Gasteiger partial charge in [0.1, 0.15) is 5.75 Å². The van der Waals surface area contributed by atoms with E-state index in [0.29, 0.717) is 5.75 Å². The summed E-state index contributed by atoms with van der Waals surface area (Å²) in [4.78, 5) is 0. The first-order valence-electron chi connectivity index (χ1n) is 6.14. The minimum absolute atomic E-state index is 0.303. The minimum Gasteiger partial charge on any atom is -0.507 e. The molecule has 0 spiro atoms. The van der Waals surface area contributed by atoms with E-state index in [1.54, 1.807) is 16.9 Å². The van der Waals surface area contributed by atoms with Crippen molar-refractivity contribution < 1.29 is 5.11 Å². The average molecular weight is 250 g/mol. The molecule has 0 radical (unpaired) electrons.